The van der Waals surface area contributed by atoms with E-state index >= 15 is 0 Å². The van der Waals surface area contributed by atoms with Crippen LogP contribution in [-0.4, -0.2) is 47.4 Å². The third kappa shape index (κ3) is 45.6. The molecular weight excluding hydrogens is 743 g/mol. The van der Waals surface area contributed by atoms with Crippen molar-refractivity contribution in [2.45, 2.75) is 283 Å². The number of hydrogen-bond donors (Lipinski definition) is 3. The van der Waals surface area contributed by atoms with E-state index in [1.165, 1.54) is 154 Å². The predicted molar refractivity (Wildman–Crippen MR) is 259 cm³/mol. The standard InChI is InChI=1S/C54H101NO5/c1-3-5-7-9-11-13-15-17-19-23-26-30-34-38-42-46-52(57)51(50-56)55-53(58)47-43-39-35-31-27-24-20-18-21-25-29-33-37-41-45-49-60-54(59)48-44-40-36-32-28-22-16-14-12-10-8-6-4-2/h8,10,14,16,21,25,51-52,56-57H,3-7,9,11-13,15,17-20,22-24,26-50H2,1-2H3,(H,55,58)/b10-8-,16-14-,25-21-. The van der Waals surface area contributed by atoms with Crippen molar-refractivity contribution in [3.8, 4) is 0 Å². The van der Waals surface area contributed by atoms with Gasteiger partial charge in [0, 0.05) is 12.8 Å². The van der Waals surface area contributed by atoms with E-state index in [-0.39, 0.29) is 18.5 Å². The van der Waals surface area contributed by atoms with Crippen LogP contribution in [0.25, 0.3) is 0 Å². The Morgan fingerprint density at radius 3 is 1.35 bits per heavy atom. The van der Waals surface area contributed by atoms with Crippen LogP contribution in [0.4, 0.5) is 0 Å². The molecule has 0 rings (SSSR count). The van der Waals surface area contributed by atoms with Crippen molar-refractivity contribution in [3.63, 3.8) is 0 Å². The third-order valence-electron chi connectivity index (χ3n) is 11.9. The molecule has 0 aromatic carbocycles. The molecule has 0 aliphatic carbocycles. The Balaban J connectivity index is 3.49. The van der Waals surface area contributed by atoms with Crippen LogP contribution in [0.15, 0.2) is 36.5 Å². The zero-order chi connectivity index (χ0) is 43.7. The Morgan fingerprint density at radius 2 is 0.867 bits per heavy atom. The SMILES string of the molecule is CCC/C=C\C/C=C\CCCCCCCC(=O)OCCCCCC/C=C\CCCCCCCCCC(=O)NC(CO)C(O)CCCCCCCCCCCCCCCCC. The Kier molecular flexibility index (Phi) is 48.1. The zero-order valence-corrected chi connectivity index (χ0v) is 39.9. The molecule has 1 amide bonds. The van der Waals surface area contributed by atoms with Crippen LogP contribution in [-0.2, 0) is 14.3 Å². The molecule has 0 aliphatic rings. The summed E-state index contributed by atoms with van der Waals surface area (Å²) in [4.78, 5) is 24.4. The third-order valence-corrected chi connectivity index (χ3v) is 11.9. The molecule has 60 heavy (non-hydrogen) atoms. The van der Waals surface area contributed by atoms with Crippen LogP contribution in [0.2, 0.25) is 0 Å². The molecule has 352 valence electrons. The van der Waals surface area contributed by atoms with Crippen LogP contribution in [0.5, 0.6) is 0 Å². The molecule has 6 nitrogen and oxygen atoms in total. The number of rotatable bonds is 48. The van der Waals surface area contributed by atoms with E-state index in [2.05, 4.69) is 55.6 Å². The smallest absolute Gasteiger partial charge is 0.305 e. The molecule has 0 saturated heterocycles. The summed E-state index contributed by atoms with van der Waals surface area (Å²) < 4.78 is 5.44. The molecule has 3 N–H and O–H groups in total. The average Bonchev–Trinajstić information content (AvgIpc) is 3.25. The topological polar surface area (TPSA) is 95.9 Å². The maximum absolute atomic E-state index is 12.4. The first-order valence-corrected chi connectivity index (χ1v) is 26.2. The summed E-state index contributed by atoms with van der Waals surface area (Å²) in [5.74, 6) is -0.0767. The summed E-state index contributed by atoms with van der Waals surface area (Å²) >= 11 is 0. The van der Waals surface area contributed by atoms with E-state index in [1.54, 1.807) is 0 Å². The summed E-state index contributed by atoms with van der Waals surface area (Å²) in [6.07, 6.45) is 59.7. The second-order valence-corrected chi connectivity index (χ2v) is 17.8. The van der Waals surface area contributed by atoms with Gasteiger partial charge in [-0.05, 0) is 77.0 Å². The highest BCUT2D eigenvalue weighted by atomic mass is 16.5. The molecule has 2 unspecified atom stereocenters. The Hall–Kier alpha value is -1.92. The first kappa shape index (κ1) is 58.1. The number of unbranched alkanes of at least 4 members (excludes halogenated alkanes) is 31. The van der Waals surface area contributed by atoms with Crippen LogP contribution < -0.4 is 5.32 Å². The van der Waals surface area contributed by atoms with Gasteiger partial charge in [-0.2, -0.15) is 0 Å². The Bertz CT molecular complexity index is 977. The lowest BCUT2D eigenvalue weighted by atomic mass is 10.0. The first-order chi connectivity index (χ1) is 29.5. The van der Waals surface area contributed by atoms with Gasteiger partial charge in [-0.3, -0.25) is 9.59 Å². The van der Waals surface area contributed by atoms with E-state index < -0.39 is 12.1 Å². The number of amides is 1. The van der Waals surface area contributed by atoms with Gasteiger partial charge < -0.3 is 20.3 Å². The van der Waals surface area contributed by atoms with Crippen molar-refractivity contribution in [2.24, 2.45) is 0 Å². The molecule has 0 fully saturated rings. The molecule has 0 spiro atoms. The van der Waals surface area contributed by atoms with Crippen molar-refractivity contribution in [1.82, 2.24) is 5.32 Å². The average molecular weight is 844 g/mol. The second-order valence-electron chi connectivity index (χ2n) is 17.8. The number of allylic oxidation sites excluding steroid dienone is 6. The van der Waals surface area contributed by atoms with Gasteiger partial charge in [0.05, 0.1) is 25.4 Å². The number of carbonyl (C=O) groups excluding carboxylic acids is 2. The first-order valence-electron chi connectivity index (χ1n) is 26.2. The number of carbonyl (C=O) groups is 2. The lowest BCUT2D eigenvalue weighted by Crippen LogP contribution is -2.45. The molecule has 0 aromatic heterocycles. The fourth-order valence-electron chi connectivity index (χ4n) is 7.85. The monoisotopic (exact) mass is 844 g/mol. The lowest BCUT2D eigenvalue weighted by Gasteiger charge is -2.22. The summed E-state index contributed by atoms with van der Waals surface area (Å²) in [5.41, 5.74) is 0. The maximum atomic E-state index is 12.4. The normalized spacial score (nSPS) is 12.9. The minimum Gasteiger partial charge on any atom is -0.466 e. The number of aliphatic hydroxyl groups excluding tert-OH is 2. The van der Waals surface area contributed by atoms with Gasteiger partial charge in [-0.25, -0.2) is 0 Å². The van der Waals surface area contributed by atoms with Gasteiger partial charge in [0.25, 0.3) is 0 Å². The van der Waals surface area contributed by atoms with Gasteiger partial charge in [0.1, 0.15) is 0 Å². The van der Waals surface area contributed by atoms with E-state index in [0.29, 0.717) is 25.9 Å². The second kappa shape index (κ2) is 49.7. The number of ether oxygens (including phenoxy) is 1. The van der Waals surface area contributed by atoms with Gasteiger partial charge in [0.2, 0.25) is 5.91 Å². The van der Waals surface area contributed by atoms with Gasteiger partial charge in [-0.1, -0.05) is 217 Å². The molecule has 2 atom stereocenters. The van der Waals surface area contributed by atoms with Crippen molar-refractivity contribution in [1.29, 1.82) is 0 Å². The van der Waals surface area contributed by atoms with E-state index in [4.69, 9.17) is 4.74 Å². The molecule has 0 radical (unpaired) electrons. The largest absolute Gasteiger partial charge is 0.466 e. The van der Waals surface area contributed by atoms with Crippen LogP contribution >= 0.6 is 0 Å². The molecule has 0 saturated carbocycles. The quantitative estimate of drug-likeness (QED) is 0.0322. The van der Waals surface area contributed by atoms with E-state index in [9.17, 15) is 19.8 Å². The van der Waals surface area contributed by atoms with Crippen molar-refractivity contribution >= 4 is 11.9 Å². The summed E-state index contributed by atoms with van der Waals surface area (Å²) in [5, 5.41) is 23.2. The number of esters is 1. The van der Waals surface area contributed by atoms with Crippen molar-refractivity contribution in [2.75, 3.05) is 13.2 Å². The molecule has 6 heteroatoms. The fraction of sp³-hybridized carbons (Fsp3) is 0.852. The maximum Gasteiger partial charge on any atom is 0.305 e. The molecule has 0 bridgehead atoms. The number of hydrogen-bond acceptors (Lipinski definition) is 5. The predicted octanol–water partition coefficient (Wildman–Crippen LogP) is 15.7. The number of aliphatic hydroxyl groups is 2. The zero-order valence-electron chi connectivity index (χ0n) is 39.9. The highest BCUT2D eigenvalue weighted by molar-refractivity contribution is 5.76. The van der Waals surface area contributed by atoms with Gasteiger partial charge in [-0.15, -0.1) is 0 Å². The molecule has 0 aliphatic heterocycles. The minimum absolute atomic E-state index is 0.0258. The van der Waals surface area contributed by atoms with Crippen LogP contribution in [0.1, 0.15) is 271 Å². The fourth-order valence-corrected chi connectivity index (χ4v) is 7.85. The van der Waals surface area contributed by atoms with Crippen molar-refractivity contribution in [3.05, 3.63) is 36.5 Å². The summed E-state index contributed by atoms with van der Waals surface area (Å²) in [7, 11) is 0. The molecule has 0 aromatic rings. The van der Waals surface area contributed by atoms with E-state index in [0.717, 1.165) is 83.5 Å². The Labute approximate surface area is 373 Å². The highest BCUT2D eigenvalue weighted by Gasteiger charge is 2.20. The van der Waals surface area contributed by atoms with Crippen LogP contribution in [0.3, 0.4) is 0 Å². The van der Waals surface area contributed by atoms with Crippen LogP contribution in [0, 0.1) is 0 Å². The summed E-state index contributed by atoms with van der Waals surface area (Å²) in [6, 6.07) is -0.553. The van der Waals surface area contributed by atoms with Gasteiger partial charge in [0.15, 0.2) is 0 Å². The highest BCUT2D eigenvalue weighted by Crippen LogP contribution is 2.16. The molecular formula is C54H101NO5. The van der Waals surface area contributed by atoms with Crippen molar-refractivity contribution < 1.29 is 24.5 Å². The number of nitrogens with one attached hydrogen (secondary N) is 1. The molecule has 0 heterocycles. The lowest BCUT2D eigenvalue weighted by molar-refractivity contribution is -0.143. The summed E-state index contributed by atoms with van der Waals surface area (Å²) in [6.45, 7) is 4.84. The minimum atomic E-state index is -0.674. The Morgan fingerprint density at radius 1 is 0.467 bits per heavy atom. The van der Waals surface area contributed by atoms with E-state index in [1.807, 2.05) is 0 Å². The van der Waals surface area contributed by atoms with Gasteiger partial charge >= 0.3 is 5.97 Å².